The summed E-state index contributed by atoms with van der Waals surface area (Å²) in [6.45, 7) is 2.25. The Morgan fingerprint density at radius 1 is 0.750 bits per heavy atom. The van der Waals surface area contributed by atoms with Crippen LogP contribution in [0, 0.1) is 0 Å². The van der Waals surface area contributed by atoms with Gasteiger partial charge in [-0.1, -0.05) is 84.0 Å². The molecule has 2 N–H and O–H groups in total. The van der Waals surface area contributed by atoms with Gasteiger partial charge >= 0.3 is 8.03 Å². The Hall–Kier alpha value is 0.0200. The second-order valence-electron chi connectivity index (χ2n) is 5.81. The smallest absolute Gasteiger partial charge is 0.349 e. The minimum absolute atomic E-state index is 0.462. The van der Waals surface area contributed by atoms with Gasteiger partial charge in [0.2, 0.25) is 0 Å². The fourth-order valence-corrected chi connectivity index (χ4v) is 2.86. The van der Waals surface area contributed by atoms with Crippen molar-refractivity contribution in [3.8, 4) is 0 Å². The average molecular weight is 305 g/mol. The van der Waals surface area contributed by atoms with E-state index < -0.39 is 13.9 Å². The predicted octanol–water partition coefficient (Wildman–Crippen LogP) is 5.52. The molecule has 0 aromatic heterocycles. The molecule has 0 heterocycles. The lowest BCUT2D eigenvalue weighted by Gasteiger charge is -2.03. The molecule has 2 unspecified atom stereocenters. The van der Waals surface area contributed by atoms with Crippen molar-refractivity contribution in [3.63, 3.8) is 0 Å². The zero-order valence-electron chi connectivity index (χ0n) is 13.2. The maximum absolute atomic E-state index is 10.5. The third-order valence-corrected chi connectivity index (χ3v) is 4.59. The lowest BCUT2D eigenvalue weighted by molar-refractivity contribution is 0.223. The number of rotatable bonds is 15. The quantitative estimate of drug-likeness (QED) is 0.309. The van der Waals surface area contributed by atoms with Crippen LogP contribution in [0.5, 0.6) is 0 Å². The number of aliphatic hydroxyl groups is 1. The predicted molar refractivity (Wildman–Crippen MR) is 86.1 cm³/mol. The Kier molecular flexibility index (Phi) is 15.4. The highest BCUT2D eigenvalue weighted by Crippen LogP contribution is 2.24. The van der Waals surface area contributed by atoms with E-state index >= 15 is 0 Å². The van der Waals surface area contributed by atoms with E-state index in [1.54, 1.807) is 0 Å². The third kappa shape index (κ3) is 14.4. The molecular weight excluding hydrogens is 271 g/mol. The molecule has 20 heavy (non-hydrogen) atoms. The van der Waals surface area contributed by atoms with E-state index in [9.17, 15) is 4.57 Å². The van der Waals surface area contributed by atoms with Crippen molar-refractivity contribution in [2.24, 2.45) is 0 Å². The summed E-state index contributed by atoms with van der Waals surface area (Å²) in [6.07, 6.45) is 17.2. The van der Waals surface area contributed by atoms with Gasteiger partial charge in [0, 0.05) is 6.42 Å². The minimum Gasteiger partial charge on any atom is -0.349 e. The molecule has 0 fully saturated rings. The van der Waals surface area contributed by atoms with Gasteiger partial charge in [-0.25, -0.2) is 0 Å². The molecule has 0 aliphatic carbocycles. The lowest BCUT2D eigenvalue weighted by Crippen LogP contribution is -1.99. The molecule has 0 bridgehead atoms. The van der Waals surface area contributed by atoms with Crippen molar-refractivity contribution >= 4 is 8.03 Å². The largest absolute Gasteiger partial charge is 0.537 e. The van der Waals surface area contributed by atoms with Crippen LogP contribution in [0.25, 0.3) is 0 Å². The molecule has 0 saturated carbocycles. The van der Waals surface area contributed by atoms with Crippen molar-refractivity contribution < 1.29 is 14.6 Å². The van der Waals surface area contributed by atoms with Crippen molar-refractivity contribution in [1.82, 2.24) is 0 Å². The first kappa shape index (κ1) is 20.0. The topological polar surface area (TPSA) is 57.5 Å². The first-order valence-corrected chi connectivity index (χ1v) is 9.80. The lowest BCUT2D eigenvalue weighted by atomic mass is 10.0. The molecule has 0 aliphatic rings. The Labute approximate surface area is 126 Å². The summed E-state index contributed by atoms with van der Waals surface area (Å²) in [5.41, 5.74) is 0. The van der Waals surface area contributed by atoms with E-state index in [-0.39, 0.29) is 0 Å². The standard InChI is InChI=1S/C16H33O3P/c1-2-3-4-5-6-7-8-9-10-11-12-13-14-15-16(17)20(18)19/h16-17H,2-15H2,1H3/p+1. The fourth-order valence-electron chi connectivity index (χ4n) is 2.46. The Morgan fingerprint density at radius 3 is 1.45 bits per heavy atom. The van der Waals surface area contributed by atoms with Crippen LogP contribution < -0.4 is 0 Å². The summed E-state index contributed by atoms with van der Waals surface area (Å²) in [4.78, 5) is 8.67. The highest BCUT2D eigenvalue weighted by Gasteiger charge is 2.24. The van der Waals surface area contributed by atoms with E-state index in [4.69, 9.17) is 10.00 Å². The molecule has 0 amide bonds. The van der Waals surface area contributed by atoms with Crippen LogP contribution >= 0.6 is 8.03 Å². The molecule has 2 atom stereocenters. The summed E-state index contributed by atoms with van der Waals surface area (Å²) in [5.74, 6) is -1.02. The van der Waals surface area contributed by atoms with E-state index in [0.29, 0.717) is 6.42 Å². The van der Waals surface area contributed by atoms with Gasteiger partial charge in [-0.3, -0.25) is 0 Å². The number of hydrogen-bond acceptors (Lipinski definition) is 2. The van der Waals surface area contributed by atoms with E-state index in [1.165, 1.54) is 70.6 Å². The highest BCUT2D eigenvalue weighted by atomic mass is 31.1. The molecule has 0 saturated heterocycles. The third-order valence-electron chi connectivity index (χ3n) is 3.82. The number of aliphatic hydroxyl groups excluding tert-OH is 1. The summed E-state index contributed by atoms with van der Waals surface area (Å²) >= 11 is 0. The van der Waals surface area contributed by atoms with Crippen molar-refractivity contribution in [1.29, 1.82) is 0 Å². The van der Waals surface area contributed by atoms with Gasteiger partial charge in [-0.2, -0.15) is 4.89 Å². The number of unbranched alkanes of at least 4 members (excludes halogenated alkanes) is 12. The van der Waals surface area contributed by atoms with Gasteiger partial charge in [0.25, 0.3) is 5.85 Å². The first-order chi connectivity index (χ1) is 9.68. The van der Waals surface area contributed by atoms with Crippen molar-refractivity contribution in [3.05, 3.63) is 0 Å². The Balaban J connectivity index is 3.04. The molecule has 0 aliphatic heterocycles. The second kappa shape index (κ2) is 15.4. The van der Waals surface area contributed by atoms with Crippen LogP contribution in [0.15, 0.2) is 0 Å². The van der Waals surface area contributed by atoms with Gasteiger partial charge in [-0.05, 0) is 11.0 Å². The highest BCUT2D eigenvalue weighted by molar-refractivity contribution is 7.38. The monoisotopic (exact) mass is 305 g/mol. The van der Waals surface area contributed by atoms with Gasteiger partial charge in [0.1, 0.15) is 0 Å². The molecule has 4 heteroatoms. The van der Waals surface area contributed by atoms with Crippen LogP contribution in [-0.2, 0) is 4.57 Å². The molecule has 0 aromatic rings. The van der Waals surface area contributed by atoms with E-state index in [0.717, 1.165) is 12.8 Å². The molecule has 120 valence electrons. The molecule has 3 nitrogen and oxygen atoms in total. The van der Waals surface area contributed by atoms with Crippen molar-refractivity contribution in [2.75, 3.05) is 0 Å². The molecule has 0 spiro atoms. The summed E-state index contributed by atoms with van der Waals surface area (Å²) in [7, 11) is -2.40. The first-order valence-electron chi connectivity index (χ1n) is 8.51. The van der Waals surface area contributed by atoms with Gasteiger partial charge in [-0.15, -0.1) is 0 Å². The normalized spacial score (nSPS) is 13.4. The zero-order chi connectivity index (χ0) is 15.1. The van der Waals surface area contributed by atoms with Gasteiger partial charge in [0.05, 0.1) is 0 Å². The SMILES string of the molecule is CCCCCCCCCCCCCCCC(O)[P+](=O)O. The average Bonchev–Trinajstić information content (AvgIpc) is 2.43. The van der Waals surface area contributed by atoms with Gasteiger partial charge < -0.3 is 5.11 Å². The van der Waals surface area contributed by atoms with Crippen LogP contribution in [0.3, 0.4) is 0 Å². The molecule has 0 rings (SSSR count). The second-order valence-corrected chi connectivity index (χ2v) is 7.02. The van der Waals surface area contributed by atoms with Crippen LogP contribution in [0.2, 0.25) is 0 Å². The fraction of sp³-hybridized carbons (Fsp3) is 1.00. The Bertz CT molecular complexity index is 222. The summed E-state index contributed by atoms with van der Waals surface area (Å²) < 4.78 is 10.5. The maximum Gasteiger partial charge on any atom is 0.537 e. The summed E-state index contributed by atoms with van der Waals surface area (Å²) in [5, 5.41) is 9.17. The molecule has 0 radical (unpaired) electrons. The van der Waals surface area contributed by atoms with Crippen LogP contribution in [-0.4, -0.2) is 15.8 Å². The minimum atomic E-state index is -2.40. The summed E-state index contributed by atoms with van der Waals surface area (Å²) in [6, 6.07) is 0. The van der Waals surface area contributed by atoms with E-state index in [1.807, 2.05) is 0 Å². The maximum atomic E-state index is 10.5. The number of hydrogen-bond donors (Lipinski definition) is 2. The van der Waals surface area contributed by atoms with Crippen LogP contribution in [0.1, 0.15) is 96.8 Å². The zero-order valence-corrected chi connectivity index (χ0v) is 14.1. The molecule has 0 aromatic carbocycles. The van der Waals surface area contributed by atoms with E-state index in [2.05, 4.69) is 6.92 Å². The van der Waals surface area contributed by atoms with Crippen LogP contribution in [0.4, 0.5) is 0 Å². The Morgan fingerprint density at radius 2 is 1.10 bits per heavy atom. The molecular formula is C16H34O3P+. The van der Waals surface area contributed by atoms with Crippen molar-refractivity contribution in [2.45, 2.75) is 103 Å². The van der Waals surface area contributed by atoms with Gasteiger partial charge in [0.15, 0.2) is 0 Å².